The van der Waals surface area contributed by atoms with Crippen LogP contribution in [0.3, 0.4) is 0 Å². The average molecular weight is 1010 g/mol. The van der Waals surface area contributed by atoms with E-state index in [-0.39, 0.29) is 0 Å². The minimum atomic E-state index is 0.368. The first kappa shape index (κ1) is 55.5. The van der Waals surface area contributed by atoms with Crippen LogP contribution in [0.25, 0.3) is 11.1 Å². The van der Waals surface area contributed by atoms with Gasteiger partial charge in [-0.1, -0.05) is 76.2 Å². The van der Waals surface area contributed by atoms with Gasteiger partial charge in [0.2, 0.25) is 0 Å². The number of allylic oxidation sites excluding steroid dienone is 1. The molecule has 6 aromatic rings. The number of pyridine rings is 2. The van der Waals surface area contributed by atoms with Crippen molar-refractivity contribution in [3.63, 3.8) is 0 Å². The highest BCUT2D eigenvalue weighted by atomic mass is 16.6. The van der Waals surface area contributed by atoms with Gasteiger partial charge in [-0.25, -0.2) is 9.13 Å². The molecule has 1 aliphatic heterocycles. The fourth-order valence-corrected chi connectivity index (χ4v) is 8.53. The summed E-state index contributed by atoms with van der Waals surface area (Å²) in [5, 5.41) is 3.60. The van der Waals surface area contributed by atoms with Crippen LogP contribution < -0.4 is 38.1 Å². The number of unbranched alkanes of at least 4 members (excludes halogenated alkanes) is 2. The molecule has 2 aromatic heterocycles. The number of nitrogens with zero attached hydrogens (tertiary/aromatic N) is 2. The van der Waals surface area contributed by atoms with Crippen molar-refractivity contribution in [2.45, 2.75) is 85.0 Å². The zero-order valence-electron chi connectivity index (χ0n) is 44.3. The summed E-state index contributed by atoms with van der Waals surface area (Å²) in [7, 11) is 0. The highest BCUT2D eigenvalue weighted by Gasteiger charge is 2.19. The summed E-state index contributed by atoms with van der Waals surface area (Å²) < 4.78 is 58.0. The van der Waals surface area contributed by atoms with E-state index in [2.05, 4.69) is 140 Å². The molecule has 0 fully saturated rings. The van der Waals surface area contributed by atoms with Crippen molar-refractivity contribution in [1.82, 2.24) is 5.32 Å². The molecule has 0 amide bonds. The number of rotatable bonds is 17. The van der Waals surface area contributed by atoms with Crippen molar-refractivity contribution in [3.05, 3.63) is 174 Å². The molecule has 0 spiro atoms. The van der Waals surface area contributed by atoms with Crippen molar-refractivity contribution in [2.24, 2.45) is 0 Å². The SMILES string of the molecule is C=CCCCCOc1c(C(C)C)cc(C[n+]2ccc(-c3cc[n+](Cc4ccc(CNCc5ccc6c(c5)OCCOCCOCCOc5ccccc5OCCOCCOCCO6)cc4)cc3)cc2)cc1C(C)C. The predicted octanol–water partition coefficient (Wildman–Crippen LogP) is 10.6. The molecule has 0 saturated heterocycles. The number of hydrogen-bond acceptors (Lipinski definition) is 10. The van der Waals surface area contributed by atoms with Gasteiger partial charge in [0.25, 0.3) is 0 Å². The minimum Gasteiger partial charge on any atom is -0.493 e. The molecule has 0 bridgehead atoms. The standard InChI is InChI=1S/C62H79N3O9/c1-6-7-8-11-28-74-62-56(48(2)3)41-53(42-57(62)49(4)5)47-65-26-22-55(23-27-65)54-20-24-64(25-21-54)46-51-16-14-50(15-17-51)44-63-45-52-18-19-60-61(43-52)73-40-36-69-32-31-67-34-38-71-59-13-10-9-12-58(59)70-37-33-66-29-30-68-35-39-72-60/h6,9-10,12-27,41-43,48-49,63H,1,7-8,11,28-40,44-47H2,2-5H3/q+2. The molecule has 0 saturated carbocycles. The van der Waals surface area contributed by atoms with Crippen LogP contribution in [-0.2, 0) is 45.1 Å². The Labute approximate surface area is 440 Å². The maximum absolute atomic E-state index is 6.47. The predicted molar refractivity (Wildman–Crippen MR) is 290 cm³/mol. The lowest BCUT2D eigenvalue weighted by molar-refractivity contribution is -0.688. The molecular weight excluding hydrogens is 931 g/mol. The Bertz CT molecular complexity index is 2540. The fourth-order valence-electron chi connectivity index (χ4n) is 8.53. The highest BCUT2D eigenvalue weighted by Crippen LogP contribution is 2.36. The summed E-state index contributed by atoms with van der Waals surface area (Å²) >= 11 is 0. The first-order valence-electron chi connectivity index (χ1n) is 26.5. The lowest BCUT2D eigenvalue weighted by atomic mass is 9.91. The van der Waals surface area contributed by atoms with Crippen molar-refractivity contribution in [2.75, 3.05) is 85.9 Å². The van der Waals surface area contributed by atoms with Gasteiger partial charge in [-0.2, -0.15) is 0 Å². The van der Waals surface area contributed by atoms with E-state index < -0.39 is 0 Å². The van der Waals surface area contributed by atoms with Crippen LogP contribution in [0.15, 0.2) is 141 Å². The molecule has 1 aliphatic rings. The van der Waals surface area contributed by atoms with Crippen LogP contribution in [0.1, 0.15) is 92.2 Å². The first-order valence-corrected chi connectivity index (χ1v) is 26.5. The Hall–Kier alpha value is -6.28. The van der Waals surface area contributed by atoms with Gasteiger partial charge in [-0.3, -0.25) is 0 Å². The molecule has 12 nitrogen and oxygen atoms in total. The van der Waals surface area contributed by atoms with Gasteiger partial charge in [0.1, 0.15) is 32.2 Å². The molecule has 0 atom stereocenters. The molecule has 4 aromatic carbocycles. The monoisotopic (exact) mass is 1010 g/mol. The van der Waals surface area contributed by atoms with Crippen LogP contribution in [0.2, 0.25) is 0 Å². The van der Waals surface area contributed by atoms with Crippen molar-refractivity contribution in [3.8, 4) is 39.9 Å². The van der Waals surface area contributed by atoms with Gasteiger partial charge < -0.3 is 47.9 Å². The minimum absolute atomic E-state index is 0.368. The van der Waals surface area contributed by atoms with E-state index in [9.17, 15) is 0 Å². The number of aromatic nitrogens is 2. The number of hydrogen-bond donors (Lipinski definition) is 1. The fraction of sp³-hybridized carbons (Fsp3) is 0.419. The van der Waals surface area contributed by atoms with Crippen LogP contribution >= 0.6 is 0 Å². The summed E-state index contributed by atoms with van der Waals surface area (Å²) in [4.78, 5) is 0. The molecule has 7 rings (SSSR count). The maximum Gasteiger partial charge on any atom is 0.173 e. The quantitative estimate of drug-likeness (QED) is 0.0540. The Morgan fingerprint density at radius 3 is 1.42 bits per heavy atom. The summed E-state index contributed by atoms with van der Waals surface area (Å²) in [6, 6.07) is 35.9. The molecule has 12 heteroatoms. The topological polar surface area (TPSA) is 103 Å². The second-order valence-corrected chi connectivity index (χ2v) is 19.1. The van der Waals surface area contributed by atoms with Gasteiger partial charge in [0, 0.05) is 48.5 Å². The third-order valence-electron chi connectivity index (χ3n) is 12.6. The van der Waals surface area contributed by atoms with Gasteiger partial charge >= 0.3 is 0 Å². The second kappa shape index (κ2) is 30.8. The zero-order chi connectivity index (χ0) is 51.6. The van der Waals surface area contributed by atoms with E-state index >= 15 is 0 Å². The Balaban J connectivity index is 0.859. The molecule has 0 aliphatic carbocycles. The molecule has 0 unspecified atom stereocenters. The molecule has 3 heterocycles. The van der Waals surface area contributed by atoms with Crippen molar-refractivity contribution < 1.29 is 51.8 Å². The van der Waals surface area contributed by atoms with Gasteiger partial charge in [0.05, 0.1) is 59.5 Å². The third kappa shape index (κ3) is 18.3. The Morgan fingerprint density at radius 1 is 0.486 bits per heavy atom. The van der Waals surface area contributed by atoms with Crippen LogP contribution in [-0.4, -0.2) is 85.9 Å². The van der Waals surface area contributed by atoms with Gasteiger partial charge in [-0.05, 0) is 101 Å². The number of ether oxygens (including phenoxy) is 9. The molecule has 0 radical (unpaired) electrons. The van der Waals surface area contributed by atoms with Gasteiger partial charge in [-0.15, -0.1) is 6.58 Å². The summed E-state index contributed by atoms with van der Waals surface area (Å²) in [5.41, 5.74) is 9.80. The van der Waals surface area contributed by atoms with Crippen molar-refractivity contribution >= 4 is 0 Å². The van der Waals surface area contributed by atoms with Crippen LogP contribution in [0.5, 0.6) is 28.7 Å². The number of benzene rings is 4. The average Bonchev–Trinajstić information content (AvgIpc) is 3.41. The third-order valence-corrected chi connectivity index (χ3v) is 12.6. The summed E-state index contributed by atoms with van der Waals surface area (Å²) in [5.74, 6) is 4.48. The first-order chi connectivity index (χ1) is 36.3. The highest BCUT2D eigenvalue weighted by molar-refractivity contribution is 5.61. The molecular formula is C62H79N3O9+2. The molecule has 74 heavy (non-hydrogen) atoms. The largest absolute Gasteiger partial charge is 0.493 e. The maximum atomic E-state index is 6.47. The zero-order valence-corrected chi connectivity index (χ0v) is 44.3. The second-order valence-electron chi connectivity index (χ2n) is 19.1. The number of para-hydroxylation sites is 2. The smallest absolute Gasteiger partial charge is 0.173 e. The van der Waals surface area contributed by atoms with E-state index in [1.165, 1.54) is 38.9 Å². The lowest BCUT2D eigenvalue weighted by Gasteiger charge is -2.21. The summed E-state index contributed by atoms with van der Waals surface area (Å²) in [6.07, 6.45) is 13.8. The lowest BCUT2D eigenvalue weighted by Crippen LogP contribution is -2.33. The van der Waals surface area contributed by atoms with E-state index in [1.54, 1.807) is 0 Å². The Morgan fingerprint density at radius 2 is 0.919 bits per heavy atom. The van der Waals surface area contributed by atoms with E-state index in [0.717, 1.165) is 56.8 Å². The number of fused-ring (bicyclic) bond motifs is 2. The number of nitrogens with one attached hydrogen (secondary N) is 1. The van der Waals surface area contributed by atoms with Gasteiger partial charge in [0.15, 0.2) is 60.9 Å². The van der Waals surface area contributed by atoms with Crippen LogP contribution in [0, 0.1) is 0 Å². The molecule has 394 valence electrons. The van der Waals surface area contributed by atoms with E-state index in [1.807, 2.05) is 42.5 Å². The van der Waals surface area contributed by atoms with Crippen LogP contribution in [0.4, 0.5) is 0 Å². The molecule has 1 N–H and O–H groups in total. The summed E-state index contributed by atoms with van der Waals surface area (Å²) in [6.45, 7) is 21.7. The Kier molecular flexibility index (Phi) is 23.1. The van der Waals surface area contributed by atoms with E-state index in [0.29, 0.717) is 121 Å². The van der Waals surface area contributed by atoms with E-state index in [4.69, 9.17) is 42.6 Å². The van der Waals surface area contributed by atoms with Crippen molar-refractivity contribution in [1.29, 1.82) is 0 Å². The normalized spacial score (nSPS) is 14.6.